The lowest BCUT2D eigenvalue weighted by Crippen LogP contribution is -2.99. The van der Waals surface area contributed by atoms with Crippen molar-refractivity contribution in [2.75, 3.05) is 5.06 Å². The first-order valence-corrected chi connectivity index (χ1v) is 7.08. The highest BCUT2D eigenvalue weighted by Gasteiger charge is 2.71. The molecule has 0 spiro atoms. The minimum Gasteiger partial charge on any atom is -0.595 e. The van der Waals surface area contributed by atoms with Crippen molar-refractivity contribution in [3.05, 3.63) is 62.8 Å². The zero-order chi connectivity index (χ0) is 15.6. The molecule has 4 rings (SSSR count). The van der Waals surface area contributed by atoms with E-state index in [0.29, 0.717) is 11.3 Å². The Hall–Kier alpha value is -1.67. The van der Waals surface area contributed by atoms with Crippen molar-refractivity contribution in [2.24, 2.45) is 0 Å². The number of fused-ring (bicyclic) bond motifs is 3. The summed E-state index contributed by atoms with van der Waals surface area (Å²) in [5, 5.41) is 21.3. The molecule has 8 heteroatoms. The molecule has 112 valence electrons. The van der Waals surface area contributed by atoms with Gasteiger partial charge in [0.1, 0.15) is 5.56 Å². The van der Waals surface area contributed by atoms with E-state index in [4.69, 9.17) is 28.0 Å². The maximum absolute atomic E-state index is 12.7. The Morgan fingerprint density at radius 3 is 2.68 bits per heavy atom. The monoisotopic (exact) mass is 338 g/mol. The first-order valence-electron chi connectivity index (χ1n) is 6.33. The Kier molecular flexibility index (Phi) is 2.80. The van der Waals surface area contributed by atoms with Crippen molar-refractivity contribution >= 4 is 40.4 Å². The van der Waals surface area contributed by atoms with Gasteiger partial charge in [0, 0.05) is 16.7 Å². The van der Waals surface area contributed by atoms with Gasteiger partial charge in [-0.05, 0) is 18.2 Å². The molecule has 0 saturated carbocycles. The fourth-order valence-corrected chi connectivity index (χ4v) is 3.46. The van der Waals surface area contributed by atoms with Crippen LogP contribution >= 0.6 is 23.2 Å². The maximum atomic E-state index is 12.7. The molecule has 1 unspecified atom stereocenters. The number of anilines is 1. The second-order valence-corrected chi connectivity index (χ2v) is 5.83. The third kappa shape index (κ3) is 1.62. The molecule has 0 bridgehead atoms. The summed E-state index contributed by atoms with van der Waals surface area (Å²) < 4.78 is 0. The van der Waals surface area contributed by atoms with E-state index in [1.54, 1.807) is 24.3 Å². The number of hydrogen-bond donors (Lipinski definition) is 2. The number of ketones is 1. The van der Waals surface area contributed by atoms with Crippen molar-refractivity contribution in [1.82, 2.24) is 0 Å². The number of rotatable bonds is 2. The molecule has 0 amide bonds. The number of nitrogens with zero attached hydrogens (tertiary/aromatic N) is 1. The summed E-state index contributed by atoms with van der Waals surface area (Å²) in [6.07, 6.45) is 0. The largest absolute Gasteiger partial charge is 0.595 e. The summed E-state index contributed by atoms with van der Waals surface area (Å²) >= 11 is 12.0. The van der Waals surface area contributed by atoms with Gasteiger partial charge in [0.25, 0.3) is 5.72 Å². The van der Waals surface area contributed by atoms with Crippen molar-refractivity contribution < 1.29 is 20.1 Å². The summed E-state index contributed by atoms with van der Waals surface area (Å²) in [5.74, 6) is -0.338. The molecular formula is C14H8Cl2N2O4. The predicted octanol–water partition coefficient (Wildman–Crippen LogP) is 2.20. The smallest absolute Gasteiger partial charge is 0.286 e. The molecule has 0 aromatic heterocycles. The van der Waals surface area contributed by atoms with Gasteiger partial charge in [-0.25, -0.2) is 15.1 Å². The molecule has 0 radical (unpaired) electrons. The summed E-state index contributed by atoms with van der Waals surface area (Å²) in [6, 6.07) is 9.56. The number of halogens is 2. The molecule has 1 fully saturated rings. The van der Waals surface area contributed by atoms with Gasteiger partial charge in [-0.15, -0.1) is 0 Å². The average Bonchev–Trinajstić information content (AvgIpc) is 3.16. The summed E-state index contributed by atoms with van der Waals surface area (Å²) in [5.41, 5.74) is -0.488. The van der Waals surface area contributed by atoms with Gasteiger partial charge in [0.15, 0.2) is 5.69 Å². The number of Topliss-reactive ketones (excluding diaryl/α,β-unsaturated/α-hetero) is 1. The highest BCUT2D eigenvalue weighted by atomic mass is 35.5. The third-order valence-electron chi connectivity index (χ3n) is 3.78. The lowest BCUT2D eigenvalue weighted by molar-refractivity contribution is -0.991. The Labute approximate surface area is 134 Å². The van der Waals surface area contributed by atoms with E-state index in [2.05, 4.69) is 0 Å². The number of hydroxylamine groups is 1. The molecule has 2 aliphatic rings. The van der Waals surface area contributed by atoms with Crippen LogP contribution in [0.2, 0.25) is 10.0 Å². The molecule has 2 aromatic rings. The fraction of sp³-hybridized carbons (Fsp3) is 0.0714. The fourth-order valence-electron chi connectivity index (χ4n) is 2.84. The molecule has 2 heterocycles. The van der Waals surface area contributed by atoms with Crippen LogP contribution in [0.4, 0.5) is 11.4 Å². The minimum atomic E-state index is -1.50. The van der Waals surface area contributed by atoms with Crippen LogP contribution in [0.5, 0.6) is 0 Å². The quantitative estimate of drug-likeness (QED) is 0.648. The van der Waals surface area contributed by atoms with Crippen LogP contribution in [0.15, 0.2) is 36.4 Å². The summed E-state index contributed by atoms with van der Waals surface area (Å²) in [4.78, 5) is 18.2. The molecule has 2 N–H and O–H groups in total. The van der Waals surface area contributed by atoms with E-state index >= 15 is 0 Å². The highest BCUT2D eigenvalue weighted by molar-refractivity contribution is 6.36. The lowest BCUT2D eigenvalue weighted by atomic mass is 9.97. The number of hydrogen-bond acceptors (Lipinski definition) is 5. The maximum Gasteiger partial charge on any atom is 0.286 e. The number of quaternary nitrogens is 1. The Morgan fingerprint density at radius 2 is 2.00 bits per heavy atom. The molecule has 6 nitrogen and oxygen atoms in total. The third-order valence-corrected chi connectivity index (χ3v) is 4.29. The van der Waals surface area contributed by atoms with Crippen molar-refractivity contribution in [3.63, 3.8) is 0 Å². The van der Waals surface area contributed by atoms with E-state index < -0.39 is 11.0 Å². The topological polar surface area (TPSA) is 80.3 Å². The van der Waals surface area contributed by atoms with Crippen molar-refractivity contribution in [3.8, 4) is 0 Å². The van der Waals surface area contributed by atoms with Crippen molar-refractivity contribution in [2.45, 2.75) is 5.72 Å². The second kappa shape index (κ2) is 4.42. The predicted molar refractivity (Wildman–Crippen MR) is 78.3 cm³/mol. The first-order chi connectivity index (χ1) is 10.5. The zero-order valence-corrected chi connectivity index (χ0v) is 12.4. The average molecular weight is 339 g/mol. The van der Waals surface area contributed by atoms with Crippen LogP contribution in [0, 0.1) is 5.21 Å². The van der Waals surface area contributed by atoms with Crippen LogP contribution < -0.4 is 10.3 Å². The Bertz CT molecular complexity index is 826. The SMILES string of the molecule is O=C1c2ccccc2N2O[C@@]12c1c(Cl)cc(Cl)cc1[NH+]([O-])O. The van der Waals surface area contributed by atoms with Crippen LogP contribution in [0.1, 0.15) is 15.9 Å². The number of benzene rings is 2. The van der Waals surface area contributed by atoms with Gasteiger partial charge in [0.05, 0.1) is 10.7 Å². The van der Waals surface area contributed by atoms with Crippen LogP contribution in [0.25, 0.3) is 0 Å². The second-order valence-electron chi connectivity index (χ2n) is 4.99. The molecule has 1 saturated heterocycles. The number of nitrogens with one attached hydrogen (secondary N) is 1. The van der Waals surface area contributed by atoms with Gasteiger partial charge in [-0.1, -0.05) is 35.3 Å². The molecule has 22 heavy (non-hydrogen) atoms. The van der Waals surface area contributed by atoms with E-state index in [1.807, 2.05) is 0 Å². The van der Waals surface area contributed by atoms with Crippen LogP contribution in [0.3, 0.4) is 0 Å². The zero-order valence-electron chi connectivity index (χ0n) is 10.8. The van der Waals surface area contributed by atoms with E-state index in [-0.39, 0.29) is 27.1 Å². The Morgan fingerprint density at radius 1 is 1.27 bits per heavy atom. The standard InChI is InChI=1S/C14H8Cl2N2O4/c15-7-5-9(16)12(11(6-7)18(20)21)14-13(19)8-3-1-2-4-10(8)17(14)22-14/h1-6,18,20H/t14-,17?/m0/s1. The van der Waals surface area contributed by atoms with E-state index in [1.165, 1.54) is 17.2 Å². The molecule has 2 atom stereocenters. The van der Waals surface area contributed by atoms with Crippen LogP contribution in [-0.4, -0.2) is 11.0 Å². The normalized spacial score (nSPS) is 23.3. The molecule has 2 aromatic carbocycles. The molecule has 2 aliphatic heterocycles. The Balaban J connectivity index is 1.95. The first kappa shape index (κ1) is 14.0. The van der Waals surface area contributed by atoms with Gasteiger partial charge in [0.2, 0.25) is 5.78 Å². The van der Waals surface area contributed by atoms with E-state index in [9.17, 15) is 15.2 Å². The van der Waals surface area contributed by atoms with Gasteiger partial charge in [-0.3, -0.25) is 4.79 Å². The number of carbonyl (C=O) groups excluding carboxylic acids is 1. The molecule has 0 aliphatic carbocycles. The highest BCUT2D eigenvalue weighted by Crippen LogP contribution is 2.59. The lowest BCUT2D eigenvalue weighted by Gasteiger charge is -2.18. The minimum absolute atomic E-state index is 0.0774. The van der Waals surface area contributed by atoms with Crippen LogP contribution in [-0.2, 0) is 10.6 Å². The van der Waals surface area contributed by atoms with E-state index in [0.717, 1.165) is 0 Å². The van der Waals surface area contributed by atoms with Gasteiger partial charge >= 0.3 is 0 Å². The van der Waals surface area contributed by atoms with Gasteiger partial charge in [-0.2, -0.15) is 5.23 Å². The number of carbonyl (C=O) groups is 1. The summed E-state index contributed by atoms with van der Waals surface area (Å²) in [7, 11) is 0. The summed E-state index contributed by atoms with van der Waals surface area (Å²) in [6.45, 7) is 0. The molecular weight excluding hydrogens is 331 g/mol. The van der Waals surface area contributed by atoms with Crippen molar-refractivity contribution in [1.29, 1.82) is 0 Å². The number of para-hydroxylation sites is 1. The van der Waals surface area contributed by atoms with Gasteiger partial charge < -0.3 is 5.21 Å².